The molecule has 1 aliphatic carbocycles. The molecular weight excluding hydrogens is 288 g/mol. The van der Waals surface area contributed by atoms with Crippen LogP contribution in [0.2, 0.25) is 6.04 Å². The fourth-order valence-electron chi connectivity index (χ4n) is 3.23. The third-order valence-electron chi connectivity index (χ3n) is 4.63. The van der Waals surface area contributed by atoms with Crippen LogP contribution in [-0.4, -0.2) is 55.9 Å². The Bertz CT molecular complexity index is 298. The second kappa shape index (κ2) is 8.60. The lowest BCUT2D eigenvalue weighted by molar-refractivity contribution is -0.339. The first-order valence-electron chi connectivity index (χ1n) is 8.11. The normalized spacial score (nSPS) is 29.0. The average Bonchev–Trinajstić information content (AvgIpc) is 3.28. The lowest BCUT2D eigenvalue weighted by Crippen LogP contribution is -2.42. The first-order chi connectivity index (χ1) is 10.2. The second-order valence-electron chi connectivity index (χ2n) is 6.11. The van der Waals surface area contributed by atoms with Gasteiger partial charge in [0.2, 0.25) is 0 Å². The van der Waals surface area contributed by atoms with Crippen molar-refractivity contribution in [2.45, 2.75) is 62.8 Å². The molecule has 0 aromatic heterocycles. The van der Waals surface area contributed by atoms with Gasteiger partial charge in [-0.25, -0.2) is 0 Å². The summed E-state index contributed by atoms with van der Waals surface area (Å²) >= 11 is 0. The van der Waals surface area contributed by atoms with E-state index in [4.69, 9.17) is 23.4 Å². The van der Waals surface area contributed by atoms with Crippen molar-refractivity contribution >= 4 is 9.76 Å². The van der Waals surface area contributed by atoms with Gasteiger partial charge in [-0.15, -0.1) is 0 Å². The number of unbranched alkanes of at least 4 members (excludes halogenated alkanes) is 1. The van der Waals surface area contributed by atoms with Crippen LogP contribution >= 0.6 is 0 Å². The van der Waals surface area contributed by atoms with Gasteiger partial charge in [0.05, 0.1) is 12.2 Å². The molecule has 1 saturated heterocycles. The van der Waals surface area contributed by atoms with Crippen molar-refractivity contribution in [3.63, 3.8) is 0 Å². The summed E-state index contributed by atoms with van der Waals surface area (Å²) in [6, 6.07) is 1.16. The van der Waals surface area contributed by atoms with Crippen LogP contribution in [0.1, 0.15) is 38.5 Å². The number of ether oxygens (including phenoxy) is 4. The molecule has 0 aromatic rings. The van der Waals surface area contributed by atoms with E-state index >= 15 is 0 Å². The van der Waals surface area contributed by atoms with Gasteiger partial charge in [0.25, 0.3) is 5.97 Å². The number of hydrogen-bond acceptors (Lipinski definition) is 5. The van der Waals surface area contributed by atoms with Crippen LogP contribution in [-0.2, 0) is 23.4 Å². The molecule has 21 heavy (non-hydrogen) atoms. The van der Waals surface area contributed by atoms with E-state index in [1.807, 2.05) is 0 Å². The van der Waals surface area contributed by atoms with Gasteiger partial charge in [-0.1, -0.05) is 19.3 Å². The van der Waals surface area contributed by atoms with Crippen LogP contribution < -0.4 is 0 Å². The molecule has 0 radical (unpaired) electrons. The van der Waals surface area contributed by atoms with Gasteiger partial charge in [0.1, 0.15) is 6.61 Å². The van der Waals surface area contributed by atoms with Crippen LogP contribution in [0.3, 0.4) is 0 Å². The van der Waals surface area contributed by atoms with E-state index in [1.54, 1.807) is 21.3 Å². The van der Waals surface area contributed by atoms with Crippen LogP contribution in [0.25, 0.3) is 0 Å². The van der Waals surface area contributed by atoms with Crippen molar-refractivity contribution in [2.75, 3.05) is 27.9 Å². The molecule has 1 heterocycles. The number of epoxide rings is 1. The fourth-order valence-corrected chi connectivity index (χ4v) is 4.56. The zero-order valence-corrected chi connectivity index (χ0v) is 15.1. The van der Waals surface area contributed by atoms with Crippen LogP contribution in [0.15, 0.2) is 0 Å². The van der Waals surface area contributed by atoms with E-state index in [2.05, 4.69) is 0 Å². The highest BCUT2D eigenvalue weighted by Gasteiger charge is 2.43. The Kier molecular flexibility index (Phi) is 7.11. The maximum atomic E-state index is 5.83. The number of methoxy groups -OCH3 is 3. The molecule has 0 aromatic carbocycles. The van der Waals surface area contributed by atoms with E-state index in [0.29, 0.717) is 18.8 Å². The Balaban J connectivity index is 1.50. The van der Waals surface area contributed by atoms with Gasteiger partial charge in [0.15, 0.2) is 9.76 Å². The maximum absolute atomic E-state index is 5.83. The van der Waals surface area contributed by atoms with E-state index in [9.17, 15) is 0 Å². The number of fused-ring (bicyclic) bond motifs is 1. The smallest absolute Gasteiger partial charge is 0.297 e. The van der Waals surface area contributed by atoms with E-state index in [-0.39, 0.29) is 0 Å². The molecule has 6 heteroatoms. The molecule has 0 N–H and O–H groups in total. The Hall–Kier alpha value is 0.0169. The molecule has 2 aliphatic rings. The predicted octanol–water partition coefficient (Wildman–Crippen LogP) is 1.84. The van der Waals surface area contributed by atoms with E-state index < -0.39 is 15.7 Å². The van der Waals surface area contributed by atoms with Gasteiger partial charge in [-0.05, 0) is 31.2 Å². The van der Waals surface area contributed by atoms with Gasteiger partial charge in [-0.2, -0.15) is 0 Å². The Morgan fingerprint density at radius 3 is 2.57 bits per heavy atom. The highest BCUT2D eigenvalue weighted by atomic mass is 28.2. The minimum absolute atomic E-state index is 0.303. The second-order valence-corrected chi connectivity index (χ2v) is 7.52. The molecule has 124 valence electrons. The summed E-state index contributed by atoms with van der Waals surface area (Å²) in [7, 11) is 4.16. The average molecular weight is 318 g/mol. The molecule has 5 nitrogen and oxygen atoms in total. The van der Waals surface area contributed by atoms with Gasteiger partial charge >= 0.3 is 0 Å². The molecule has 0 bridgehead atoms. The third-order valence-corrected chi connectivity index (χ3v) is 6.07. The maximum Gasteiger partial charge on any atom is 0.297 e. The summed E-state index contributed by atoms with van der Waals surface area (Å²) in [6.45, 7) is 0.303. The summed E-state index contributed by atoms with van der Waals surface area (Å²) in [6.07, 6.45) is 9.07. The van der Waals surface area contributed by atoms with Crippen molar-refractivity contribution < 1.29 is 23.4 Å². The fraction of sp³-hybridized carbons (Fsp3) is 1.00. The number of rotatable bonds is 11. The van der Waals surface area contributed by atoms with Crippen molar-refractivity contribution in [1.29, 1.82) is 0 Å². The summed E-state index contributed by atoms with van der Waals surface area (Å²) in [4.78, 5) is 0. The van der Waals surface area contributed by atoms with Crippen molar-refractivity contribution in [3.05, 3.63) is 0 Å². The van der Waals surface area contributed by atoms with Crippen molar-refractivity contribution in [1.82, 2.24) is 0 Å². The van der Waals surface area contributed by atoms with Gasteiger partial charge in [0, 0.05) is 21.3 Å². The van der Waals surface area contributed by atoms with Gasteiger partial charge in [-0.3, -0.25) is 0 Å². The topological polar surface area (TPSA) is 49.5 Å². The SMILES string of the molecule is COCC(OC)(OC)O[SiH2]CCCCC1CCC2OC2C1. The first-order valence-corrected chi connectivity index (χ1v) is 9.69. The summed E-state index contributed by atoms with van der Waals surface area (Å²) in [5, 5.41) is 0. The quantitative estimate of drug-likeness (QED) is 0.252. The lowest BCUT2D eigenvalue weighted by Gasteiger charge is -2.30. The van der Waals surface area contributed by atoms with E-state index in [0.717, 1.165) is 12.0 Å². The van der Waals surface area contributed by atoms with Crippen LogP contribution in [0.5, 0.6) is 0 Å². The molecule has 0 spiro atoms. The first kappa shape index (κ1) is 17.4. The third kappa shape index (κ3) is 5.30. The summed E-state index contributed by atoms with van der Waals surface area (Å²) in [5.74, 6) is -0.107. The molecule has 1 saturated carbocycles. The molecule has 0 amide bonds. The highest BCUT2D eigenvalue weighted by Crippen LogP contribution is 2.41. The van der Waals surface area contributed by atoms with Crippen molar-refractivity contribution in [2.24, 2.45) is 5.92 Å². The van der Waals surface area contributed by atoms with Crippen LogP contribution in [0, 0.1) is 5.92 Å². The zero-order chi connectivity index (χ0) is 15.1. The molecule has 2 fully saturated rings. The molecular formula is C15H30O5Si. The Morgan fingerprint density at radius 1 is 1.10 bits per heavy atom. The summed E-state index contributed by atoms with van der Waals surface area (Å²) in [5.41, 5.74) is 0. The Morgan fingerprint density at radius 2 is 1.90 bits per heavy atom. The zero-order valence-electron chi connectivity index (χ0n) is 13.6. The van der Waals surface area contributed by atoms with Gasteiger partial charge < -0.3 is 23.4 Å². The molecule has 2 rings (SSSR count). The summed E-state index contributed by atoms with van der Waals surface area (Å²) < 4.78 is 27.1. The predicted molar refractivity (Wildman–Crippen MR) is 82.9 cm³/mol. The standard InChI is InChI=1S/C15H30O5Si/c1-16-11-15(17-2,18-3)20-21-9-5-4-6-12-7-8-13-14(10-12)19-13/h12-14H,4-11,21H2,1-3H3. The monoisotopic (exact) mass is 318 g/mol. The minimum atomic E-state index is -0.997. The Labute approximate surface area is 130 Å². The molecule has 1 aliphatic heterocycles. The number of hydrogen-bond donors (Lipinski definition) is 0. The lowest BCUT2D eigenvalue weighted by atomic mass is 9.86. The largest absolute Gasteiger partial charge is 0.376 e. The highest BCUT2D eigenvalue weighted by molar-refractivity contribution is 6.27. The minimum Gasteiger partial charge on any atom is -0.376 e. The van der Waals surface area contributed by atoms with Crippen molar-refractivity contribution in [3.8, 4) is 0 Å². The van der Waals surface area contributed by atoms with Crippen LogP contribution in [0.4, 0.5) is 0 Å². The molecule has 3 atom stereocenters. The van der Waals surface area contributed by atoms with E-state index in [1.165, 1.54) is 38.5 Å². The molecule has 3 unspecified atom stereocenters.